The predicted molar refractivity (Wildman–Crippen MR) is 140 cm³/mol. The Bertz CT molecular complexity index is 1230. The summed E-state index contributed by atoms with van der Waals surface area (Å²) in [5, 5.41) is 8.86. The second-order valence-corrected chi connectivity index (χ2v) is 10.7. The van der Waals surface area contributed by atoms with Crippen molar-refractivity contribution in [2.75, 3.05) is 32.9 Å². The Labute approximate surface area is 226 Å². The number of rotatable bonds is 8. The molecule has 0 radical (unpaired) electrons. The summed E-state index contributed by atoms with van der Waals surface area (Å²) >= 11 is 4.85. The molecule has 2 atom stereocenters. The lowest BCUT2D eigenvalue weighted by atomic mass is 9.95. The number of ether oxygens (including phenoxy) is 2. The Kier molecular flexibility index (Phi) is 7.98. The van der Waals surface area contributed by atoms with Crippen molar-refractivity contribution in [1.29, 1.82) is 0 Å². The van der Waals surface area contributed by atoms with Crippen molar-refractivity contribution in [2.45, 2.75) is 37.9 Å². The average Bonchev–Trinajstić information content (AvgIpc) is 3.51. The summed E-state index contributed by atoms with van der Waals surface area (Å²) in [7, 11) is 0. The van der Waals surface area contributed by atoms with Crippen LogP contribution in [0.2, 0.25) is 0 Å². The first kappa shape index (κ1) is 26.0. The molecule has 2 N–H and O–H groups in total. The fourth-order valence-corrected chi connectivity index (χ4v) is 5.52. The Morgan fingerprint density at radius 2 is 2.22 bits per heavy atom. The first-order valence-corrected chi connectivity index (χ1v) is 13.8. The highest BCUT2D eigenvalue weighted by atomic mass is 79.9. The number of morpholine rings is 1. The molecule has 1 saturated heterocycles. The molecule has 2 aromatic rings. The van der Waals surface area contributed by atoms with Crippen LogP contribution in [0.15, 0.2) is 50.5 Å². The molecule has 0 spiro atoms. The summed E-state index contributed by atoms with van der Waals surface area (Å²) in [5.41, 5.74) is 1.48. The van der Waals surface area contributed by atoms with Gasteiger partial charge in [-0.3, -0.25) is 14.7 Å². The molecule has 3 aliphatic rings. The summed E-state index contributed by atoms with van der Waals surface area (Å²) in [4.78, 5) is 37.6. The van der Waals surface area contributed by atoms with Gasteiger partial charge in [-0.1, -0.05) is 22.0 Å². The number of thiazole rings is 1. The Balaban J connectivity index is 1.56. The number of nitrogens with zero attached hydrogens (tertiary/aromatic N) is 3. The minimum atomic E-state index is -0.774. The smallest absolute Gasteiger partial charge is 0.338 e. The van der Waals surface area contributed by atoms with Crippen LogP contribution in [-0.2, 0) is 19.1 Å². The number of nitrogens with one attached hydrogen (secondary N) is 2. The second kappa shape index (κ2) is 11.4. The Morgan fingerprint density at radius 1 is 1.38 bits per heavy atom. The third-order valence-electron chi connectivity index (χ3n) is 6.34. The van der Waals surface area contributed by atoms with Crippen molar-refractivity contribution in [2.24, 2.45) is 4.99 Å². The maximum Gasteiger partial charge on any atom is 0.338 e. The van der Waals surface area contributed by atoms with Crippen LogP contribution in [-0.4, -0.2) is 72.6 Å². The van der Waals surface area contributed by atoms with E-state index >= 15 is 0 Å². The SMILES string of the molecule is CCOC(=O)C1=C(CN2CCOC[C@H]2C(=O)NC2CC2)NC(c2nccs2)=N[C@H]1c1ccc(F)cc1Br. The highest BCUT2D eigenvalue weighted by Crippen LogP contribution is 2.37. The molecule has 1 amide bonds. The largest absolute Gasteiger partial charge is 0.463 e. The first-order chi connectivity index (χ1) is 17.9. The minimum absolute atomic E-state index is 0.0806. The van der Waals surface area contributed by atoms with Crippen molar-refractivity contribution in [3.63, 3.8) is 0 Å². The Morgan fingerprint density at radius 3 is 2.92 bits per heavy atom. The number of benzene rings is 1. The van der Waals surface area contributed by atoms with Crippen LogP contribution in [0.5, 0.6) is 0 Å². The van der Waals surface area contributed by atoms with Crippen LogP contribution in [0.3, 0.4) is 0 Å². The van der Waals surface area contributed by atoms with Gasteiger partial charge < -0.3 is 20.1 Å². The summed E-state index contributed by atoms with van der Waals surface area (Å²) in [5.74, 6) is -0.525. The maximum absolute atomic E-state index is 13.9. The van der Waals surface area contributed by atoms with E-state index in [-0.39, 0.29) is 31.7 Å². The van der Waals surface area contributed by atoms with Gasteiger partial charge in [-0.15, -0.1) is 11.3 Å². The van der Waals surface area contributed by atoms with Crippen molar-refractivity contribution in [3.8, 4) is 0 Å². The number of amidine groups is 1. The highest BCUT2D eigenvalue weighted by Gasteiger charge is 2.38. The molecule has 2 fully saturated rings. The fraction of sp³-hybridized carbons (Fsp3) is 0.440. The van der Waals surface area contributed by atoms with E-state index in [2.05, 4.69) is 31.5 Å². The van der Waals surface area contributed by atoms with Gasteiger partial charge in [-0.05, 0) is 37.5 Å². The third-order valence-corrected chi connectivity index (χ3v) is 7.81. The molecule has 1 aromatic heterocycles. The normalized spacial score (nSPS) is 22.3. The van der Waals surface area contributed by atoms with Crippen LogP contribution in [0.4, 0.5) is 4.39 Å². The van der Waals surface area contributed by atoms with Crippen LogP contribution >= 0.6 is 27.3 Å². The molecule has 3 heterocycles. The van der Waals surface area contributed by atoms with Crippen LogP contribution in [0.1, 0.15) is 36.4 Å². The van der Waals surface area contributed by atoms with E-state index in [0.717, 1.165) is 12.8 Å². The minimum Gasteiger partial charge on any atom is -0.463 e. The summed E-state index contributed by atoms with van der Waals surface area (Å²) < 4.78 is 25.5. The van der Waals surface area contributed by atoms with E-state index in [1.54, 1.807) is 19.2 Å². The van der Waals surface area contributed by atoms with Crippen molar-refractivity contribution in [1.82, 2.24) is 20.5 Å². The van der Waals surface area contributed by atoms with Crippen molar-refractivity contribution < 1.29 is 23.5 Å². The monoisotopic (exact) mass is 591 g/mol. The molecule has 1 saturated carbocycles. The predicted octanol–water partition coefficient (Wildman–Crippen LogP) is 2.93. The summed E-state index contributed by atoms with van der Waals surface area (Å²) in [6.07, 6.45) is 3.65. The zero-order valence-corrected chi connectivity index (χ0v) is 22.6. The van der Waals surface area contributed by atoms with Crippen LogP contribution in [0.25, 0.3) is 0 Å². The number of esters is 1. The van der Waals surface area contributed by atoms with Gasteiger partial charge in [0, 0.05) is 40.9 Å². The quantitative estimate of drug-likeness (QED) is 0.455. The summed E-state index contributed by atoms with van der Waals surface area (Å²) in [6.45, 7) is 3.43. The molecule has 196 valence electrons. The van der Waals surface area contributed by atoms with Crippen LogP contribution in [0, 0.1) is 5.82 Å². The third kappa shape index (κ3) is 5.92. The number of carbonyl (C=O) groups excluding carboxylic acids is 2. The lowest BCUT2D eigenvalue weighted by molar-refractivity contribution is -0.139. The topological polar surface area (TPSA) is 105 Å². The van der Waals surface area contributed by atoms with E-state index < -0.39 is 23.9 Å². The van der Waals surface area contributed by atoms with Gasteiger partial charge >= 0.3 is 5.97 Å². The number of aliphatic imine (C=N–C) groups is 1. The van der Waals surface area contributed by atoms with Gasteiger partial charge in [-0.2, -0.15) is 0 Å². The molecule has 5 rings (SSSR count). The molecule has 12 heteroatoms. The molecule has 0 bridgehead atoms. The van der Waals surface area contributed by atoms with Gasteiger partial charge in [0.25, 0.3) is 0 Å². The van der Waals surface area contributed by atoms with Gasteiger partial charge in [0.1, 0.15) is 17.9 Å². The lowest BCUT2D eigenvalue weighted by Gasteiger charge is -2.37. The number of amides is 1. The highest BCUT2D eigenvalue weighted by molar-refractivity contribution is 9.10. The molecule has 0 unspecified atom stereocenters. The standard InChI is InChI=1S/C25H27BrFN5O4S/c1-2-36-25(34)20-18(12-32-8-9-35-13-19(32)23(33)29-15-4-5-15)30-22(24-28-7-10-37-24)31-21(20)16-6-3-14(27)11-17(16)26/h3,6-7,10-11,15,19,21H,2,4-5,8-9,12-13H2,1H3,(H,29,33)(H,30,31)/t19-,21-/m0/s1. The molecule has 37 heavy (non-hydrogen) atoms. The fourth-order valence-electron chi connectivity index (χ4n) is 4.36. The van der Waals surface area contributed by atoms with E-state index in [4.69, 9.17) is 14.5 Å². The molecular weight excluding hydrogens is 565 g/mol. The van der Waals surface area contributed by atoms with E-state index in [1.807, 2.05) is 10.3 Å². The number of halogens is 2. The lowest BCUT2D eigenvalue weighted by Crippen LogP contribution is -2.55. The molecular formula is C25H27BrFN5O4S. The summed E-state index contributed by atoms with van der Waals surface area (Å²) in [6, 6.07) is 3.24. The zero-order valence-electron chi connectivity index (χ0n) is 20.2. The molecule has 1 aliphatic carbocycles. The first-order valence-electron chi connectivity index (χ1n) is 12.2. The molecule has 2 aliphatic heterocycles. The second-order valence-electron chi connectivity index (χ2n) is 8.97. The van der Waals surface area contributed by atoms with E-state index in [9.17, 15) is 14.0 Å². The number of carbonyl (C=O) groups is 2. The number of aromatic nitrogens is 1. The van der Waals surface area contributed by atoms with Gasteiger partial charge in [0.05, 0.1) is 25.4 Å². The number of hydrogen-bond donors (Lipinski definition) is 2. The molecule has 1 aromatic carbocycles. The van der Waals surface area contributed by atoms with Gasteiger partial charge in [0.15, 0.2) is 10.8 Å². The van der Waals surface area contributed by atoms with Crippen LogP contribution < -0.4 is 10.6 Å². The zero-order chi connectivity index (χ0) is 25.9. The Hall–Kier alpha value is -2.67. The van der Waals surface area contributed by atoms with Crippen molar-refractivity contribution in [3.05, 3.63) is 61.9 Å². The van der Waals surface area contributed by atoms with Gasteiger partial charge in [-0.25, -0.2) is 14.2 Å². The molecule has 9 nitrogen and oxygen atoms in total. The average molecular weight is 592 g/mol. The van der Waals surface area contributed by atoms with Gasteiger partial charge in [0.2, 0.25) is 5.91 Å². The van der Waals surface area contributed by atoms with Crippen molar-refractivity contribution >= 4 is 45.0 Å². The van der Waals surface area contributed by atoms with E-state index in [1.165, 1.54) is 23.5 Å². The van der Waals surface area contributed by atoms with E-state index in [0.29, 0.717) is 45.3 Å². The number of hydrogen-bond acceptors (Lipinski definition) is 9. The maximum atomic E-state index is 13.9.